The summed E-state index contributed by atoms with van der Waals surface area (Å²) in [7, 11) is 0. The summed E-state index contributed by atoms with van der Waals surface area (Å²) in [5, 5.41) is 20.0. The van der Waals surface area contributed by atoms with E-state index in [0.717, 1.165) is 16.9 Å². The molecule has 0 saturated carbocycles. The van der Waals surface area contributed by atoms with E-state index < -0.39 is 17.8 Å². The van der Waals surface area contributed by atoms with Crippen molar-refractivity contribution in [2.45, 2.75) is 12.7 Å². The summed E-state index contributed by atoms with van der Waals surface area (Å²) < 4.78 is 37.2. The first-order valence-electron chi connectivity index (χ1n) is 3.87. The van der Waals surface area contributed by atoms with Crippen LogP contribution in [0, 0.1) is 28.6 Å². The van der Waals surface area contributed by atoms with Crippen LogP contribution in [0.4, 0.5) is 13.2 Å². The van der Waals surface area contributed by atoms with E-state index in [4.69, 9.17) is 10.5 Å². The Bertz CT molecular complexity index is 406. The van der Waals surface area contributed by atoms with Crippen LogP contribution in [0.3, 0.4) is 0 Å². The smallest absolute Gasteiger partial charge is 0.270 e. The van der Waals surface area contributed by atoms with Gasteiger partial charge in [0, 0.05) is 6.20 Å². The van der Waals surface area contributed by atoms with Gasteiger partial charge in [-0.3, -0.25) is 4.68 Å². The molecule has 4 nitrogen and oxygen atoms in total. The van der Waals surface area contributed by atoms with E-state index in [-0.39, 0.29) is 6.54 Å². The lowest BCUT2D eigenvalue weighted by molar-refractivity contribution is -0.141. The molecule has 0 amide bonds. The van der Waals surface area contributed by atoms with Gasteiger partial charge < -0.3 is 0 Å². The Kier molecular flexibility index (Phi) is 2.96. The zero-order valence-electron chi connectivity index (χ0n) is 7.36. The Morgan fingerprint density at radius 3 is 2.40 bits per heavy atom. The highest BCUT2D eigenvalue weighted by atomic mass is 19.4. The van der Waals surface area contributed by atoms with Crippen molar-refractivity contribution in [3.63, 3.8) is 0 Å². The molecule has 1 rings (SSSR count). The van der Waals surface area contributed by atoms with E-state index in [1.54, 1.807) is 12.1 Å². The topological polar surface area (TPSA) is 65.4 Å². The van der Waals surface area contributed by atoms with E-state index in [9.17, 15) is 13.2 Å². The second kappa shape index (κ2) is 4.01. The fourth-order valence-corrected chi connectivity index (χ4v) is 0.912. The van der Waals surface area contributed by atoms with Gasteiger partial charge in [-0.25, -0.2) is 0 Å². The van der Waals surface area contributed by atoms with E-state index in [0.29, 0.717) is 0 Å². The highest BCUT2D eigenvalue weighted by Gasteiger charge is 2.33. The second-order valence-corrected chi connectivity index (χ2v) is 2.73. The van der Waals surface area contributed by atoms with Crippen LogP contribution in [-0.4, -0.2) is 9.78 Å². The van der Waals surface area contributed by atoms with Crippen LogP contribution in [0.25, 0.3) is 0 Å². The van der Waals surface area contributed by atoms with Gasteiger partial charge in [0.2, 0.25) is 0 Å². The molecule has 0 unspecified atom stereocenters. The number of nitriles is 2. The van der Waals surface area contributed by atoms with Gasteiger partial charge in [-0.1, -0.05) is 0 Å². The van der Waals surface area contributed by atoms with E-state index >= 15 is 0 Å². The molecule has 0 N–H and O–H groups in total. The molecule has 0 atom stereocenters. The van der Waals surface area contributed by atoms with Gasteiger partial charge in [0.1, 0.15) is 0 Å². The van der Waals surface area contributed by atoms with Gasteiger partial charge in [0.15, 0.2) is 11.6 Å². The number of hydrogen-bond donors (Lipinski definition) is 0. The van der Waals surface area contributed by atoms with E-state index in [1.165, 1.54) is 0 Å². The molecule has 7 heteroatoms. The summed E-state index contributed by atoms with van der Waals surface area (Å²) in [5.41, 5.74) is -1.03. The third-order valence-corrected chi connectivity index (χ3v) is 1.61. The van der Waals surface area contributed by atoms with Crippen molar-refractivity contribution in [3.05, 3.63) is 18.0 Å². The number of rotatable bonds is 2. The van der Waals surface area contributed by atoms with Gasteiger partial charge in [-0.2, -0.15) is 28.8 Å². The van der Waals surface area contributed by atoms with Crippen molar-refractivity contribution in [3.8, 4) is 12.1 Å². The Morgan fingerprint density at radius 1 is 1.40 bits per heavy atom. The van der Waals surface area contributed by atoms with Crippen molar-refractivity contribution >= 4 is 0 Å². The van der Waals surface area contributed by atoms with Gasteiger partial charge in [0.25, 0.3) is 0 Å². The highest BCUT2D eigenvalue weighted by Crippen LogP contribution is 2.27. The van der Waals surface area contributed by atoms with Crippen LogP contribution in [0.5, 0.6) is 0 Å². The third-order valence-electron chi connectivity index (χ3n) is 1.61. The normalized spacial score (nSPS) is 11.1. The monoisotopic (exact) mass is 214 g/mol. The van der Waals surface area contributed by atoms with Gasteiger partial charge >= 0.3 is 6.18 Å². The zero-order valence-corrected chi connectivity index (χ0v) is 7.36. The molecule has 0 aliphatic rings. The average Bonchev–Trinajstić information content (AvgIpc) is 2.61. The number of aromatic nitrogens is 2. The molecule has 78 valence electrons. The van der Waals surface area contributed by atoms with Crippen LogP contribution in [0.2, 0.25) is 0 Å². The fraction of sp³-hybridized carbons (Fsp3) is 0.375. The molecule has 15 heavy (non-hydrogen) atoms. The largest absolute Gasteiger partial charge is 0.435 e. The average molecular weight is 214 g/mol. The minimum Gasteiger partial charge on any atom is -0.270 e. The Labute approximate surface area is 83.1 Å². The second-order valence-electron chi connectivity index (χ2n) is 2.73. The minimum atomic E-state index is -4.50. The maximum Gasteiger partial charge on any atom is 0.435 e. The van der Waals surface area contributed by atoms with Crippen LogP contribution >= 0.6 is 0 Å². The lowest BCUT2D eigenvalue weighted by atomic mass is 10.2. The van der Waals surface area contributed by atoms with Crippen LogP contribution in [-0.2, 0) is 12.7 Å². The maximum absolute atomic E-state index is 12.1. The summed E-state index contributed by atoms with van der Waals surface area (Å²) in [6, 6.07) is 4.09. The number of halogens is 3. The summed E-state index contributed by atoms with van der Waals surface area (Å²) in [5.74, 6) is -0.994. The highest BCUT2D eigenvalue weighted by molar-refractivity contribution is 5.05. The molecular weight excluding hydrogens is 209 g/mol. The Morgan fingerprint density at radius 2 is 2.00 bits per heavy atom. The molecule has 0 aromatic carbocycles. The Hall–Kier alpha value is -2.02. The summed E-state index contributed by atoms with van der Waals surface area (Å²) in [4.78, 5) is 0. The number of alkyl halides is 3. The van der Waals surface area contributed by atoms with E-state index in [2.05, 4.69) is 5.10 Å². The molecule has 1 aromatic heterocycles. The van der Waals surface area contributed by atoms with Crippen LogP contribution in [0.1, 0.15) is 5.69 Å². The lowest BCUT2D eigenvalue weighted by Gasteiger charge is -2.02. The SMILES string of the molecule is N#CC(C#N)Cn1ccc(C(F)(F)F)n1. The summed E-state index contributed by atoms with van der Waals surface area (Å²) in [6.07, 6.45) is -3.41. The van der Waals surface area contributed by atoms with Gasteiger partial charge in [-0.15, -0.1) is 0 Å². The Balaban J connectivity index is 2.79. The van der Waals surface area contributed by atoms with Gasteiger partial charge in [-0.05, 0) is 6.07 Å². The molecule has 0 aliphatic heterocycles. The predicted octanol–water partition coefficient (Wildman–Crippen LogP) is 1.57. The summed E-state index contributed by atoms with van der Waals surface area (Å²) in [6.45, 7) is -0.164. The van der Waals surface area contributed by atoms with Crippen molar-refractivity contribution in [2.75, 3.05) is 0 Å². The molecule has 0 bridgehead atoms. The van der Waals surface area contributed by atoms with Crippen molar-refractivity contribution in [1.82, 2.24) is 9.78 Å². The first kappa shape index (κ1) is 11.1. The lowest BCUT2D eigenvalue weighted by Crippen LogP contribution is -2.11. The molecule has 0 saturated heterocycles. The fourth-order valence-electron chi connectivity index (χ4n) is 0.912. The first-order chi connectivity index (χ1) is 6.97. The number of hydrogen-bond acceptors (Lipinski definition) is 3. The van der Waals surface area contributed by atoms with Crippen molar-refractivity contribution < 1.29 is 13.2 Å². The van der Waals surface area contributed by atoms with E-state index in [1.807, 2.05) is 0 Å². The van der Waals surface area contributed by atoms with Crippen LogP contribution < -0.4 is 0 Å². The third kappa shape index (κ3) is 2.71. The molecular formula is C8H5F3N4. The molecule has 1 heterocycles. The standard InChI is InChI=1S/C8H5F3N4/c9-8(10,11)7-1-2-15(14-7)5-6(3-12)4-13/h1-2,6H,5H2. The zero-order chi connectivity index (χ0) is 11.5. The molecule has 1 aromatic rings. The molecule has 0 fully saturated rings. The molecule has 0 radical (unpaired) electrons. The molecule has 0 aliphatic carbocycles. The minimum absolute atomic E-state index is 0.164. The van der Waals surface area contributed by atoms with Crippen LogP contribution in [0.15, 0.2) is 12.3 Å². The van der Waals surface area contributed by atoms with Crippen molar-refractivity contribution in [2.24, 2.45) is 5.92 Å². The quantitative estimate of drug-likeness (QED) is 0.750. The van der Waals surface area contributed by atoms with Crippen molar-refractivity contribution in [1.29, 1.82) is 10.5 Å². The summed E-state index contributed by atoms with van der Waals surface area (Å²) >= 11 is 0. The molecule has 0 spiro atoms. The number of nitrogens with zero attached hydrogens (tertiary/aromatic N) is 4. The first-order valence-corrected chi connectivity index (χ1v) is 3.87. The predicted molar refractivity (Wildman–Crippen MR) is 41.9 cm³/mol. The van der Waals surface area contributed by atoms with Gasteiger partial charge in [0.05, 0.1) is 18.7 Å². The maximum atomic E-state index is 12.1.